The monoisotopic (exact) mass is 417 g/mol. The van der Waals surface area contributed by atoms with Crippen molar-refractivity contribution in [2.45, 2.75) is 6.92 Å². The molecule has 1 N–H and O–H groups in total. The zero-order valence-corrected chi connectivity index (χ0v) is 18.0. The van der Waals surface area contributed by atoms with Gasteiger partial charge in [-0.3, -0.25) is 4.79 Å². The Hall–Kier alpha value is -3.63. The highest BCUT2D eigenvalue weighted by Gasteiger charge is 2.14. The standard InChI is InChI=1S/C24H27N5O2/c1-4-21(29-14-12-28(3)13-15-29)9-8-18(2)23-17-22(27-31-23)19-6-5-7-20(16-19)24(30)26-11-10-25/h4-9,16-17H,1,11-15H2,2-3H3,(H,26,30)/b18-8+,21-9+. The maximum absolute atomic E-state index is 12.1. The van der Waals surface area contributed by atoms with Crippen molar-refractivity contribution < 1.29 is 9.32 Å². The lowest BCUT2D eigenvalue weighted by atomic mass is 10.1. The highest BCUT2D eigenvalue weighted by atomic mass is 16.5. The Labute approximate surface area is 182 Å². The van der Waals surface area contributed by atoms with Crippen molar-refractivity contribution in [2.24, 2.45) is 0 Å². The lowest BCUT2D eigenvalue weighted by Gasteiger charge is -2.34. The number of piperazine rings is 1. The molecule has 3 rings (SSSR count). The quantitative estimate of drug-likeness (QED) is 0.550. The van der Waals surface area contributed by atoms with Crippen molar-refractivity contribution in [1.29, 1.82) is 5.26 Å². The molecule has 0 bridgehead atoms. The molecule has 1 aromatic heterocycles. The van der Waals surface area contributed by atoms with Crippen LogP contribution in [0.2, 0.25) is 0 Å². The second-order valence-electron chi connectivity index (χ2n) is 7.43. The summed E-state index contributed by atoms with van der Waals surface area (Å²) in [5.74, 6) is 0.363. The van der Waals surface area contributed by atoms with Crippen molar-refractivity contribution in [3.8, 4) is 17.3 Å². The van der Waals surface area contributed by atoms with Gasteiger partial charge in [0.05, 0.1) is 6.07 Å². The molecule has 0 aliphatic carbocycles. The Kier molecular flexibility index (Phi) is 7.41. The van der Waals surface area contributed by atoms with Crippen LogP contribution in [0.15, 0.2) is 65.4 Å². The molecule has 1 amide bonds. The Morgan fingerprint density at radius 3 is 2.77 bits per heavy atom. The molecule has 0 atom stereocenters. The van der Waals surface area contributed by atoms with E-state index in [9.17, 15) is 4.79 Å². The van der Waals surface area contributed by atoms with E-state index in [0.717, 1.165) is 43.0 Å². The van der Waals surface area contributed by atoms with E-state index < -0.39 is 0 Å². The molecule has 0 saturated carbocycles. The number of nitriles is 1. The van der Waals surface area contributed by atoms with Gasteiger partial charge < -0.3 is 19.6 Å². The number of nitrogens with one attached hydrogen (secondary N) is 1. The van der Waals surface area contributed by atoms with Crippen molar-refractivity contribution >= 4 is 11.5 Å². The van der Waals surface area contributed by atoms with Crippen LogP contribution in [0.3, 0.4) is 0 Å². The number of likely N-dealkylation sites (N-methyl/N-ethyl adjacent to an activating group) is 1. The summed E-state index contributed by atoms with van der Waals surface area (Å²) in [6.07, 6.45) is 5.94. The van der Waals surface area contributed by atoms with E-state index in [2.05, 4.69) is 40.0 Å². The van der Waals surface area contributed by atoms with Gasteiger partial charge in [-0.25, -0.2) is 0 Å². The molecule has 1 aliphatic heterocycles. The first kappa shape index (κ1) is 22.1. The lowest BCUT2D eigenvalue weighted by Crippen LogP contribution is -2.43. The van der Waals surface area contributed by atoms with Gasteiger partial charge in [-0.1, -0.05) is 29.9 Å². The molecule has 1 aromatic carbocycles. The van der Waals surface area contributed by atoms with Crippen LogP contribution >= 0.6 is 0 Å². The van der Waals surface area contributed by atoms with E-state index in [1.165, 1.54) is 0 Å². The van der Waals surface area contributed by atoms with E-state index in [0.29, 0.717) is 17.0 Å². The second kappa shape index (κ2) is 10.4. The van der Waals surface area contributed by atoms with Gasteiger partial charge in [0.1, 0.15) is 12.2 Å². The number of nitrogens with zero attached hydrogens (tertiary/aromatic N) is 4. The Balaban J connectivity index is 1.75. The fourth-order valence-corrected chi connectivity index (χ4v) is 3.30. The van der Waals surface area contributed by atoms with Gasteiger partial charge in [-0.2, -0.15) is 5.26 Å². The Bertz CT molecular complexity index is 1040. The number of amides is 1. The molecule has 2 aromatic rings. The number of rotatable bonds is 7. The third-order valence-electron chi connectivity index (χ3n) is 5.23. The SMILES string of the molecule is C=C/C(=C\C=C(/C)c1cc(-c2cccc(C(=O)NCC#N)c2)no1)N1CCN(C)CC1. The summed E-state index contributed by atoms with van der Waals surface area (Å²) < 4.78 is 5.53. The van der Waals surface area contributed by atoms with E-state index >= 15 is 0 Å². The van der Waals surface area contributed by atoms with Crippen LogP contribution in [0.4, 0.5) is 0 Å². The van der Waals surface area contributed by atoms with Gasteiger partial charge in [0.2, 0.25) is 0 Å². The van der Waals surface area contributed by atoms with Crippen LogP contribution in [0.1, 0.15) is 23.0 Å². The maximum atomic E-state index is 12.1. The minimum Gasteiger partial charge on any atom is -0.369 e. The predicted octanol–water partition coefficient (Wildman–Crippen LogP) is 3.32. The largest absolute Gasteiger partial charge is 0.369 e. The van der Waals surface area contributed by atoms with Crippen LogP contribution in [0, 0.1) is 11.3 Å². The minimum absolute atomic E-state index is 0.0322. The summed E-state index contributed by atoms with van der Waals surface area (Å²) in [5.41, 5.74) is 3.91. The first-order chi connectivity index (χ1) is 15.0. The average Bonchev–Trinajstić information content (AvgIpc) is 3.29. The summed E-state index contributed by atoms with van der Waals surface area (Å²) in [4.78, 5) is 16.7. The molecule has 0 unspecified atom stereocenters. The third-order valence-corrected chi connectivity index (χ3v) is 5.23. The fourth-order valence-electron chi connectivity index (χ4n) is 3.30. The summed E-state index contributed by atoms with van der Waals surface area (Å²) in [6.45, 7) is 9.91. The van der Waals surface area contributed by atoms with Crippen molar-refractivity contribution in [3.05, 3.63) is 72.2 Å². The summed E-state index contributed by atoms with van der Waals surface area (Å²) >= 11 is 0. The fraction of sp³-hybridized carbons (Fsp3) is 0.292. The molecule has 1 saturated heterocycles. The topological polar surface area (TPSA) is 85.4 Å². The van der Waals surface area contributed by atoms with E-state index in [1.807, 2.05) is 37.3 Å². The smallest absolute Gasteiger partial charge is 0.252 e. The normalized spacial score (nSPS) is 15.5. The molecule has 7 nitrogen and oxygen atoms in total. The number of aromatic nitrogens is 1. The van der Waals surface area contributed by atoms with Crippen molar-refractivity contribution in [3.63, 3.8) is 0 Å². The molecule has 7 heteroatoms. The van der Waals surface area contributed by atoms with Crippen LogP contribution < -0.4 is 5.32 Å². The summed E-state index contributed by atoms with van der Waals surface area (Å²) in [6, 6.07) is 10.8. The summed E-state index contributed by atoms with van der Waals surface area (Å²) in [7, 11) is 2.13. The predicted molar refractivity (Wildman–Crippen MR) is 121 cm³/mol. The zero-order valence-electron chi connectivity index (χ0n) is 18.0. The molecule has 0 spiro atoms. The van der Waals surface area contributed by atoms with E-state index in [-0.39, 0.29) is 12.5 Å². The number of carbonyl (C=O) groups excluding carboxylic acids is 1. The van der Waals surface area contributed by atoms with Crippen LogP contribution in [0.25, 0.3) is 16.8 Å². The van der Waals surface area contributed by atoms with E-state index in [1.54, 1.807) is 18.2 Å². The van der Waals surface area contributed by atoms with Gasteiger partial charge in [0.15, 0.2) is 5.76 Å². The maximum Gasteiger partial charge on any atom is 0.252 e. The first-order valence-corrected chi connectivity index (χ1v) is 10.2. The van der Waals surface area contributed by atoms with Crippen molar-refractivity contribution in [2.75, 3.05) is 39.8 Å². The van der Waals surface area contributed by atoms with Crippen LogP contribution in [0.5, 0.6) is 0 Å². The second-order valence-corrected chi connectivity index (χ2v) is 7.43. The number of benzene rings is 1. The lowest BCUT2D eigenvalue weighted by molar-refractivity contribution is 0.0958. The molecular formula is C24H27N5O2. The number of allylic oxidation sites excluding steroid dienone is 4. The third kappa shape index (κ3) is 5.71. The van der Waals surface area contributed by atoms with E-state index in [4.69, 9.17) is 9.78 Å². The van der Waals surface area contributed by atoms with Gasteiger partial charge in [0.25, 0.3) is 5.91 Å². The van der Waals surface area contributed by atoms with Crippen LogP contribution in [-0.2, 0) is 0 Å². The van der Waals surface area contributed by atoms with Gasteiger partial charge >= 0.3 is 0 Å². The zero-order chi connectivity index (χ0) is 22.2. The molecule has 0 radical (unpaired) electrons. The van der Waals surface area contributed by atoms with Gasteiger partial charge in [0, 0.05) is 49.1 Å². The molecule has 2 heterocycles. The molecular weight excluding hydrogens is 390 g/mol. The Morgan fingerprint density at radius 1 is 1.29 bits per heavy atom. The number of carbonyl (C=O) groups is 1. The number of hydrogen-bond donors (Lipinski definition) is 1. The highest BCUT2D eigenvalue weighted by molar-refractivity contribution is 5.95. The molecule has 1 fully saturated rings. The minimum atomic E-state index is -0.297. The van der Waals surface area contributed by atoms with Crippen molar-refractivity contribution in [1.82, 2.24) is 20.3 Å². The molecule has 160 valence electrons. The average molecular weight is 418 g/mol. The van der Waals surface area contributed by atoms with Gasteiger partial charge in [-0.15, -0.1) is 0 Å². The van der Waals surface area contributed by atoms with Crippen LogP contribution in [-0.4, -0.2) is 60.6 Å². The van der Waals surface area contributed by atoms with Gasteiger partial charge in [-0.05, 0) is 43.8 Å². The highest BCUT2D eigenvalue weighted by Crippen LogP contribution is 2.24. The number of hydrogen-bond acceptors (Lipinski definition) is 6. The summed E-state index contributed by atoms with van der Waals surface area (Å²) in [5, 5.41) is 15.3. The Morgan fingerprint density at radius 2 is 2.06 bits per heavy atom. The first-order valence-electron chi connectivity index (χ1n) is 10.2. The molecule has 1 aliphatic rings. The molecule has 31 heavy (non-hydrogen) atoms.